The number of aromatic nitrogens is 1. The second kappa shape index (κ2) is 17.4. The van der Waals surface area contributed by atoms with E-state index in [-0.39, 0.29) is 42.5 Å². The van der Waals surface area contributed by atoms with E-state index in [1.165, 1.54) is 0 Å². The summed E-state index contributed by atoms with van der Waals surface area (Å²) in [6.07, 6.45) is 5.22. The van der Waals surface area contributed by atoms with Crippen LogP contribution in [0.5, 0.6) is 0 Å². The third-order valence-corrected chi connectivity index (χ3v) is 6.80. The number of benzene rings is 1. The Kier molecular flexibility index (Phi) is 14.3. The van der Waals surface area contributed by atoms with Gasteiger partial charge in [0.1, 0.15) is 5.60 Å². The summed E-state index contributed by atoms with van der Waals surface area (Å²) in [6.45, 7) is 13.0. The number of anilines is 1. The highest BCUT2D eigenvalue weighted by Gasteiger charge is 2.29. The summed E-state index contributed by atoms with van der Waals surface area (Å²) >= 11 is 0. The molecule has 236 valence electrons. The zero-order valence-electron chi connectivity index (χ0n) is 26.8. The summed E-state index contributed by atoms with van der Waals surface area (Å²) in [5.74, 6) is -1.27. The van der Waals surface area contributed by atoms with Crippen molar-refractivity contribution in [2.24, 2.45) is 11.8 Å². The summed E-state index contributed by atoms with van der Waals surface area (Å²) < 4.78 is 10.7. The van der Waals surface area contributed by atoms with Crippen LogP contribution in [0.4, 0.5) is 10.5 Å². The maximum atomic E-state index is 13.6. The van der Waals surface area contributed by atoms with Crippen LogP contribution in [0.15, 0.2) is 48.8 Å². The molecular formula is C34H49N3O6. The molecule has 2 rings (SSSR count). The minimum absolute atomic E-state index is 0.0493. The fourth-order valence-corrected chi connectivity index (χ4v) is 4.53. The van der Waals surface area contributed by atoms with Gasteiger partial charge in [0.05, 0.1) is 24.0 Å². The molecule has 0 aliphatic carbocycles. The summed E-state index contributed by atoms with van der Waals surface area (Å²) in [7, 11) is 0. The lowest BCUT2D eigenvalue weighted by molar-refractivity contribution is -0.148. The predicted molar refractivity (Wildman–Crippen MR) is 168 cm³/mol. The number of Topliss-reactive ketones (excluding diaryl/α,β-unsaturated/α-hetero) is 1. The van der Waals surface area contributed by atoms with E-state index in [0.29, 0.717) is 31.4 Å². The van der Waals surface area contributed by atoms with Gasteiger partial charge in [0.2, 0.25) is 5.91 Å². The van der Waals surface area contributed by atoms with Crippen molar-refractivity contribution in [1.82, 2.24) is 10.3 Å². The molecule has 3 atom stereocenters. The molecule has 9 nitrogen and oxygen atoms in total. The number of carbonyl (C=O) groups is 4. The predicted octanol–water partition coefficient (Wildman–Crippen LogP) is 7.10. The second-order valence-corrected chi connectivity index (χ2v) is 12.5. The Morgan fingerprint density at radius 2 is 1.65 bits per heavy atom. The molecule has 0 aliphatic heterocycles. The zero-order valence-corrected chi connectivity index (χ0v) is 26.8. The third-order valence-electron chi connectivity index (χ3n) is 6.80. The van der Waals surface area contributed by atoms with E-state index >= 15 is 0 Å². The SMILES string of the molecule is CCC(C)OC(=O)CCCC[C@H](NC(=O)OC(C)(C)C)C(=O)C[C@H](CC(C)C)C(=O)Nc1cncc(-c2ccccc2)c1. The number of hydrogen-bond donors (Lipinski definition) is 2. The normalized spacial score (nSPS) is 13.5. The van der Waals surface area contributed by atoms with Gasteiger partial charge in [-0.2, -0.15) is 0 Å². The number of pyridine rings is 1. The molecule has 2 amide bonds. The van der Waals surface area contributed by atoms with E-state index < -0.39 is 23.7 Å². The fourth-order valence-electron chi connectivity index (χ4n) is 4.53. The number of hydrogen-bond acceptors (Lipinski definition) is 7. The Morgan fingerprint density at radius 3 is 2.28 bits per heavy atom. The van der Waals surface area contributed by atoms with Crippen LogP contribution in [-0.4, -0.2) is 46.5 Å². The van der Waals surface area contributed by atoms with Gasteiger partial charge in [-0.25, -0.2) is 4.79 Å². The van der Waals surface area contributed by atoms with E-state index in [1.54, 1.807) is 33.2 Å². The van der Waals surface area contributed by atoms with Crippen LogP contribution >= 0.6 is 0 Å². The number of alkyl carbamates (subject to hydrolysis) is 1. The molecule has 0 fully saturated rings. The first kappa shape index (κ1) is 35.4. The summed E-state index contributed by atoms with van der Waals surface area (Å²) in [5.41, 5.74) is 1.65. The fraction of sp³-hybridized carbons (Fsp3) is 0.559. The van der Waals surface area contributed by atoms with E-state index in [4.69, 9.17) is 9.47 Å². The molecule has 0 saturated heterocycles. The van der Waals surface area contributed by atoms with Crippen molar-refractivity contribution in [2.75, 3.05) is 5.32 Å². The highest BCUT2D eigenvalue weighted by atomic mass is 16.6. The maximum Gasteiger partial charge on any atom is 0.408 e. The molecule has 2 aromatic rings. The number of ether oxygens (including phenoxy) is 2. The highest BCUT2D eigenvalue weighted by molar-refractivity contribution is 5.97. The van der Waals surface area contributed by atoms with Gasteiger partial charge in [-0.05, 0) is 70.9 Å². The topological polar surface area (TPSA) is 124 Å². The molecular weight excluding hydrogens is 546 g/mol. The molecule has 2 N–H and O–H groups in total. The summed E-state index contributed by atoms with van der Waals surface area (Å²) in [6, 6.07) is 10.7. The summed E-state index contributed by atoms with van der Waals surface area (Å²) in [4.78, 5) is 56.0. The number of ketones is 1. The van der Waals surface area contributed by atoms with Gasteiger partial charge in [0.15, 0.2) is 5.78 Å². The average molecular weight is 596 g/mol. The van der Waals surface area contributed by atoms with E-state index in [2.05, 4.69) is 15.6 Å². The molecule has 1 aromatic heterocycles. The summed E-state index contributed by atoms with van der Waals surface area (Å²) in [5, 5.41) is 5.65. The quantitative estimate of drug-likeness (QED) is 0.157. The van der Waals surface area contributed by atoms with Crippen molar-refractivity contribution in [2.45, 2.75) is 111 Å². The number of rotatable bonds is 16. The van der Waals surface area contributed by atoms with Gasteiger partial charge in [0.25, 0.3) is 0 Å². The molecule has 1 heterocycles. The first-order chi connectivity index (χ1) is 20.3. The maximum absolute atomic E-state index is 13.6. The van der Waals surface area contributed by atoms with Crippen molar-refractivity contribution in [3.63, 3.8) is 0 Å². The minimum Gasteiger partial charge on any atom is -0.463 e. The first-order valence-corrected chi connectivity index (χ1v) is 15.3. The minimum atomic E-state index is -0.856. The monoisotopic (exact) mass is 595 g/mol. The van der Waals surface area contributed by atoms with Crippen LogP contribution in [0.2, 0.25) is 0 Å². The van der Waals surface area contributed by atoms with Crippen LogP contribution in [0.25, 0.3) is 11.1 Å². The number of amides is 2. The molecule has 0 spiro atoms. The number of unbranched alkanes of at least 4 members (excludes halogenated alkanes) is 1. The Labute approximate surface area is 256 Å². The number of carbonyl (C=O) groups excluding carboxylic acids is 4. The van der Waals surface area contributed by atoms with Crippen molar-refractivity contribution in [1.29, 1.82) is 0 Å². The molecule has 1 unspecified atom stereocenters. The number of nitrogens with zero attached hydrogens (tertiary/aromatic N) is 1. The van der Waals surface area contributed by atoms with Gasteiger partial charge < -0.3 is 20.1 Å². The van der Waals surface area contributed by atoms with Crippen LogP contribution in [0, 0.1) is 11.8 Å². The number of nitrogens with one attached hydrogen (secondary N) is 2. The van der Waals surface area contributed by atoms with Crippen LogP contribution in [0.3, 0.4) is 0 Å². The Bertz CT molecular complexity index is 1190. The third kappa shape index (κ3) is 13.8. The van der Waals surface area contributed by atoms with Gasteiger partial charge in [0, 0.05) is 30.5 Å². The first-order valence-electron chi connectivity index (χ1n) is 15.3. The van der Waals surface area contributed by atoms with Crippen molar-refractivity contribution >= 4 is 29.4 Å². The van der Waals surface area contributed by atoms with E-state index in [9.17, 15) is 19.2 Å². The molecule has 0 aliphatic rings. The van der Waals surface area contributed by atoms with Crippen molar-refractivity contribution in [3.05, 3.63) is 48.8 Å². The largest absolute Gasteiger partial charge is 0.463 e. The molecule has 9 heteroatoms. The molecule has 1 aromatic carbocycles. The standard InChI is InChI=1S/C34H49N3O6/c1-8-24(4)42-31(39)17-13-12-16-29(37-33(41)43-34(5,6)7)30(38)20-26(18-23(2)3)32(40)36-28-19-27(21-35-22-28)25-14-10-9-11-15-25/h9-11,14-15,19,21-24,26,29H,8,12-13,16-18,20H2,1-7H3,(H,36,40)(H,37,41)/t24?,26-,29-/m0/s1. The smallest absolute Gasteiger partial charge is 0.408 e. The lowest BCUT2D eigenvalue weighted by atomic mass is 9.88. The second-order valence-electron chi connectivity index (χ2n) is 12.5. The average Bonchev–Trinajstić information content (AvgIpc) is 2.93. The highest BCUT2D eigenvalue weighted by Crippen LogP contribution is 2.24. The van der Waals surface area contributed by atoms with E-state index in [0.717, 1.165) is 17.5 Å². The van der Waals surface area contributed by atoms with Gasteiger partial charge >= 0.3 is 12.1 Å². The lowest BCUT2D eigenvalue weighted by Gasteiger charge is -2.25. The Balaban J connectivity index is 2.12. The Hall–Kier alpha value is -3.75. The van der Waals surface area contributed by atoms with Crippen molar-refractivity contribution in [3.8, 4) is 11.1 Å². The molecule has 0 bridgehead atoms. The van der Waals surface area contributed by atoms with Crippen LogP contribution < -0.4 is 10.6 Å². The molecule has 0 radical (unpaired) electrons. The molecule has 0 saturated carbocycles. The van der Waals surface area contributed by atoms with Crippen molar-refractivity contribution < 1.29 is 28.7 Å². The van der Waals surface area contributed by atoms with Gasteiger partial charge in [-0.1, -0.05) is 57.5 Å². The molecule has 43 heavy (non-hydrogen) atoms. The van der Waals surface area contributed by atoms with Gasteiger partial charge in [-0.3, -0.25) is 19.4 Å². The zero-order chi connectivity index (χ0) is 32.0. The van der Waals surface area contributed by atoms with Crippen LogP contribution in [-0.2, 0) is 23.9 Å². The number of esters is 1. The van der Waals surface area contributed by atoms with Gasteiger partial charge in [-0.15, -0.1) is 0 Å². The lowest BCUT2D eigenvalue weighted by Crippen LogP contribution is -2.44. The van der Waals surface area contributed by atoms with E-state index in [1.807, 2.05) is 64.1 Å². The van der Waals surface area contributed by atoms with Crippen LogP contribution in [0.1, 0.15) is 93.4 Å². The Morgan fingerprint density at radius 1 is 0.953 bits per heavy atom.